The minimum atomic E-state index is 0.290. The standard InChI is InChI=1S/C13H16ClN3O/c14-9-1-3-11(15)12(7-9)16-5-6-17-10(8-16)2-4-13(17)18/h1,3,7,10H,2,4-6,8,15H2. The number of hydrogen-bond acceptors (Lipinski definition) is 3. The molecule has 2 heterocycles. The molecule has 0 bridgehead atoms. The van der Waals surface area contributed by atoms with Crippen molar-refractivity contribution in [1.29, 1.82) is 0 Å². The molecule has 1 aromatic rings. The van der Waals surface area contributed by atoms with Crippen LogP contribution < -0.4 is 10.6 Å². The Hall–Kier alpha value is -1.42. The lowest BCUT2D eigenvalue weighted by Gasteiger charge is -2.39. The first-order chi connectivity index (χ1) is 8.65. The average Bonchev–Trinajstić information content (AvgIpc) is 2.74. The Bertz CT molecular complexity index is 491. The van der Waals surface area contributed by atoms with Gasteiger partial charge in [0, 0.05) is 37.1 Å². The maximum absolute atomic E-state index is 11.6. The van der Waals surface area contributed by atoms with E-state index in [1.807, 2.05) is 17.0 Å². The van der Waals surface area contributed by atoms with E-state index in [4.69, 9.17) is 17.3 Å². The van der Waals surface area contributed by atoms with Crippen molar-refractivity contribution in [2.45, 2.75) is 18.9 Å². The fourth-order valence-electron chi connectivity index (χ4n) is 2.87. The van der Waals surface area contributed by atoms with Gasteiger partial charge in [-0.15, -0.1) is 0 Å². The van der Waals surface area contributed by atoms with Crippen molar-refractivity contribution < 1.29 is 4.79 Å². The second kappa shape index (κ2) is 4.35. The van der Waals surface area contributed by atoms with Crippen LogP contribution in [0.4, 0.5) is 11.4 Å². The Kier molecular flexibility index (Phi) is 2.82. The summed E-state index contributed by atoms with van der Waals surface area (Å²) in [6.07, 6.45) is 1.64. The number of nitrogens with two attached hydrogens (primary N) is 1. The molecule has 0 aliphatic carbocycles. The molecule has 2 aliphatic heterocycles. The maximum Gasteiger partial charge on any atom is 0.223 e. The van der Waals surface area contributed by atoms with Crippen LogP contribution >= 0.6 is 11.6 Å². The zero-order valence-corrected chi connectivity index (χ0v) is 10.9. The molecular weight excluding hydrogens is 250 g/mol. The average molecular weight is 266 g/mol. The Balaban J connectivity index is 1.82. The number of halogens is 1. The summed E-state index contributed by atoms with van der Waals surface area (Å²) in [5.74, 6) is 0.290. The minimum Gasteiger partial charge on any atom is -0.397 e. The second-order valence-electron chi connectivity index (χ2n) is 4.93. The quantitative estimate of drug-likeness (QED) is 0.787. The summed E-state index contributed by atoms with van der Waals surface area (Å²) >= 11 is 6.02. The van der Waals surface area contributed by atoms with Crippen LogP contribution in [0.3, 0.4) is 0 Å². The van der Waals surface area contributed by atoms with E-state index in [9.17, 15) is 4.79 Å². The van der Waals surface area contributed by atoms with E-state index in [1.165, 1.54) is 0 Å². The number of nitrogens with zero attached hydrogens (tertiary/aromatic N) is 2. The van der Waals surface area contributed by atoms with Crippen LogP contribution in [0.2, 0.25) is 5.02 Å². The predicted octanol–water partition coefficient (Wildman–Crippen LogP) is 1.73. The number of benzene rings is 1. The van der Waals surface area contributed by atoms with Crippen molar-refractivity contribution in [3.05, 3.63) is 23.2 Å². The first kappa shape index (κ1) is 11.7. The highest BCUT2D eigenvalue weighted by atomic mass is 35.5. The van der Waals surface area contributed by atoms with E-state index in [-0.39, 0.29) is 0 Å². The summed E-state index contributed by atoms with van der Waals surface area (Å²) < 4.78 is 0. The third kappa shape index (κ3) is 1.90. The van der Waals surface area contributed by atoms with Crippen molar-refractivity contribution in [2.75, 3.05) is 30.3 Å². The third-order valence-electron chi connectivity index (χ3n) is 3.83. The van der Waals surface area contributed by atoms with E-state index in [0.717, 1.165) is 37.4 Å². The van der Waals surface area contributed by atoms with E-state index in [1.54, 1.807) is 6.07 Å². The number of piperazine rings is 1. The number of amides is 1. The molecule has 2 N–H and O–H groups in total. The minimum absolute atomic E-state index is 0.290. The van der Waals surface area contributed by atoms with Gasteiger partial charge in [0.2, 0.25) is 5.91 Å². The van der Waals surface area contributed by atoms with E-state index in [0.29, 0.717) is 23.4 Å². The largest absolute Gasteiger partial charge is 0.397 e. The molecule has 0 spiro atoms. The molecule has 5 heteroatoms. The molecule has 0 aromatic heterocycles. The predicted molar refractivity (Wildman–Crippen MR) is 72.8 cm³/mol. The van der Waals surface area contributed by atoms with Crippen LogP contribution in [0.5, 0.6) is 0 Å². The number of carbonyl (C=O) groups excluding carboxylic acids is 1. The molecule has 96 valence electrons. The fourth-order valence-corrected chi connectivity index (χ4v) is 3.04. The van der Waals surface area contributed by atoms with Gasteiger partial charge in [-0.05, 0) is 24.6 Å². The monoisotopic (exact) mass is 265 g/mol. The Morgan fingerprint density at radius 1 is 1.33 bits per heavy atom. The van der Waals surface area contributed by atoms with Crippen molar-refractivity contribution in [2.24, 2.45) is 0 Å². The van der Waals surface area contributed by atoms with Crippen molar-refractivity contribution in [1.82, 2.24) is 4.90 Å². The van der Waals surface area contributed by atoms with Gasteiger partial charge in [-0.2, -0.15) is 0 Å². The van der Waals surface area contributed by atoms with Gasteiger partial charge >= 0.3 is 0 Å². The van der Waals surface area contributed by atoms with Gasteiger partial charge in [0.25, 0.3) is 0 Å². The number of carbonyl (C=O) groups is 1. The zero-order chi connectivity index (χ0) is 12.7. The summed E-state index contributed by atoms with van der Waals surface area (Å²) in [4.78, 5) is 15.9. The zero-order valence-electron chi connectivity index (χ0n) is 10.1. The molecule has 1 aromatic carbocycles. The van der Waals surface area contributed by atoms with Gasteiger partial charge in [-0.25, -0.2) is 0 Å². The van der Waals surface area contributed by atoms with Crippen LogP contribution in [0.1, 0.15) is 12.8 Å². The molecular formula is C13H16ClN3O. The van der Waals surface area contributed by atoms with E-state index >= 15 is 0 Å². The van der Waals surface area contributed by atoms with Gasteiger partial charge < -0.3 is 15.5 Å². The van der Waals surface area contributed by atoms with Gasteiger partial charge in [0.1, 0.15) is 0 Å². The van der Waals surface area contributed by atoms with Crippen LogP contribution in [0, 0.1) is 0 Å². The summed E-state index contributed by atoms with van der Waals surface area (Å²) in [7, 11) is 0. The number of rotatable bonds is 1. The number of hydrogen-bond donors (Lipinski definition) is 1. The van der Waals surface area contributed by atoms with Gasteiger partial charge in [-0.3, -0.25) is 4.79 Å². The van der Waals surface area contributed by atoms with Crippen LogP contribution in [0.25, 0.3) is 0 Å². The summed E-state index contributed by atoms with van der Waals surface area (Å²) in [6.45, 7) is 2.47. The highest BCUT2D eigenvalue weighted by Gasteiger charge is 2.35. The van der Waals surface area contributed by atoms with Crippen molar-refractivity contribution in [3.63, 3.8) is 0 Å². The normalized spacial score (nSPS) is 23.4. The second-order valence-corrected chi connectivity index (χ2v) is 5.37. The molecule has 1 atom stereocenters. The molecule has 2 saturated heterocycles. The fraction of sp³-hybridized carbons (Fsp3) is 0.462. The lowest BCUT2D eigenvalue weighted by atomic mass is 10.1. The lowest BCUT2D eigenvalue weighted by Crippen LogP contribution is -2.51. The molecule has 4 nitrogen and oxygen atoms in total. The number of anilines is 2. The summed E-state index contributed by atoms with van der Waals surface area (Å²) in [5, 5.41) is 0.698. The smallest absolute Gasteiger partial charge is 0.223 e. The van der Waals surface area contributed by atoms with Gasteiger partial charge in [0.15, 0.2) is 0 Å². The topological polar surface area (TPSA) is 49.6 Å². The SMILES string of the molecule is Nc1ccc(Cl)cc1N1CCN2C(=O)CCC2C1. The number of fused-ring (bicyclic) bond motifs is 1. The third-order valence-corrected chi connectivity index (χ3v) is 4.06. The lowest BCUT2D eigenvalue weighted by molar-refractivity contribution is -0.129. The van der Waals surface area contributed by atoms with Crippen LogP contribution in [-0.4, -0.2) is 36.5 Å². The maximum atomic E-state index is 11.6. The summed E-state index contributed by atoms with van der Waals surface area (Å²) in [6, 6.07) is 5.88. The Morgan fingerprint density at radius 3 is 3.00 bits per heavy atom. The molecule has 0 radical (unpaired) electrons. The molecule has 1 unspecified atom stereocenters. The highest BCUT2D eigenvalue weighted by Crippen LogP contribution is 2.31. The molecule has 3 rings (SSSR count). The van der Waals surface area contributed by atoms with Crippen LogP contribution in [-0.2, 0) is 4.79 Å². The van der Waals surface area contributed by atoms with E-state index < -0.39 is 0 Å². The first-order valence-corrected chi connectivity index (χ1v) is 6.62. The molecule has 2 aliphatic rings. The van der Waals surface area contributed by atoms with Gasteiger partial charge in [-0.1, -0.05) is 11.6 Å². The first-order valence-electron chi connectivity index (χ1n) is 6.24. The van der Waals surface area contributed by atoms with Gasteiger partial charge in [0.05, 0.1) is 11.4 Å². The molecule has 2 fully saturated rings. The van der Waals surface area contributed by atoms with Crippen molar-refractivity contribution in [3.8, 4) is 0 Å². The highest BCUT2D eigenvalue weighted by molar-refractivity contribution is 6.31. The summed E-state index contributed by atoms with van der Waals surface area (Å²) in [5.41, 5.74) is 7.74. The van der Waals surface area contributed by atoms with Crippen LogP contribution in [0.15, 0.2) is 18.2 Å². The Morgan fingerprint density at radius 2 is 2.17 bits per heavy atom. The molecule has 0 saturated carbocycles. The van der Waals surface area contributed by atoms with Crippen molar-refractivity contribution >= 4 is 28.9 Å². The molecule has 18 heavy (non-hydrogen) atoms. The molecule has 1 amide bonds. The Labute approximate surface area is 111 Å². The van der Waals surface area contributed by atoms with E-state index in [2.05, 4.69) is 4.90 Å². The number of nitrogen functional groups attached to an aromatic ring is 1.